The van der Waals surface area contributed by atoms with Gasteiger partial charge in [0.15, 0.2) is 0 Å². The van der Waals surface area contributed by atoms with Crippen molar-refractivity contribution in [3.8, 4) is 11.1 Å². The maximum absolute atomic E-state index is 13.6. The molecule has 1 aliphatic rings. The normalized spacial score (nSPS) is 12.6. The monoisotopic (exact) mass is 552 g/mol. The van der Waals surface area contributed by atoms with Crippen molar-refractivity contribution >= 4 is 40.4 Å². The fourth-order valence-electron chi connectivity index (χ4n) is 5.11. The van der Waals surface area contributed by atoms with Crippen molar-refractivity contribution in [1.82, 2.24) is 9.55 Å². The zero-order valence-corrected chi connectivity index (χ0v) is 23.4. The van der Waals surface area contributed by atoms with Crippen LogP contribution in [0.3, 0.4) is 0 Å². The minimum Gasteiger partial charge on any atom is -0.392 e. The number of fused-ring (bicyclic) bond motifs is 1. The summed E-state index contributed by atoms with van der Waals surface area (Å²) in [7, 11) is 5.59. The summed E-state index contributed by atoms with van der Waals surface area (Å²) >= 11 is 0. The Morgan fingerprint density at radius 1 is 1.07 bits per heavy atom. The first-order valence-corrected chi connectivity index (χ1v) is 13.2. The highest BCUT2D eigenvalue weighted by Crippen LogP contribution is 2.35. The minimum absolute atomic E-state index is 0.114. The Bertz CT molecular complexity index is 1710. The third-order valence-electron chi connectivity index (χ3n) is 7.12. The fraction of sp³-hybridized carbons (Fsp3) is 0.226. The van der Waals surface area contributed by atoms with Crippen LogP contribution in [-0.2, 0) is 24.9 Å². The quantitative estimate of drug-likeness (QED) is 0.318. The summed E-state index contributed by atoms with van der Waals surface area (Å²) in [6.07, 6.45) is 3.92. The first-order valence-electron chi connectivity index (χ1n) is 13.2. The Morgan fingerprint density at radius 2 is 1.88 bits per heavy atom. The van der Waals surface area contributed by atoms with E-state index in [1.165, 1.54) is 17.7 Å². The summed E-state index contributed by atoms with van der Waals surface area (Å²) in [5.41, 5.74) is 5.83. The fourth-order valence-corrected chi connectivity index (χ4v) is 5.11. The second kappa shape index (κ2) is 11.3. The number of hydrogen-bond donors (Lipinski definition) is 3. The molecule has 10 heteroatoms. The van der Waals surface area contributed by atoms with Gasteiger partial charge < -0.3 is 30.1 Å². The molecular weight excluding hydrogens is 520 g/mol. The van der Waals surface area contributed by atoms with Crippen molar-refractivity contribution in [3.05, 3.63) is 94.0 Å². The second-order valence-electron chi connectivity index (χ2n) is 10.2. The van der Waals surface area contributed by atoms with E-state index in [1.54, 1.807) is 36.3 Å². The second-order valence-corrected chi connectivity index (χ2v) is 10.2. The molecule has 0 saturated heterocycles. The van der Waals surface area contributed by atoms with Crippen LogP contribution in [0.4, 0.5) is 28.6 Å². The van der Waals surface area contributed by atoms with E-state index in [0.29, 0.717) is 52.4 Å². The Labute approximate surface area is 237 Å². The molecule has 0 fully saturated rings. The number of amides is 2. The molecule has 3 N–H and O–H groups in total. The number of aryl methyl sites for hydroxylation is 1. The smallest absolute Gasteiger partial charge is 0.274 e. The van der Waals surface area contributed by atoms with Crippen LogP contribution in [0.1, 0.15) is 28.4 Å². The zero-order valence-electron chi connectivity index (χ0n) is 23.4. The Kier molecular flexibility index (Phi) is 7.58. The standard InChI is InChI=1S/C31H32N6O4/c1-19(39)33-22-10-12-32-29(16-22)34-27-15-21(17-36(4)31(27)41)24-6-5-7-28(26(24)18-38)37-13-11-20-14-23(35(2)3)8-9-25(20)30(37)40/h5-10,12,14-17,38H,11,13,18H2,1-4H3,(H2,32,33,34,39). The maximum atomic E-state index is 13.6. The lowest BCUT2D eigenvalue weighted by molar-refractivity contribution is -0.114. The van der Waals surface area contributed by atoms with E-state index >= 15 is 0 Å². The van der Waals surface area contributed by atoms with Gasteiger partial charge in [-0.15, -0.1) is 0 Å². The average molecular weight is 553 g/mol. The van der Waals surface area contributed by atoms with Crippen LogP contribution in [0.2, 0.25) is 0 Å². The third-order valence-corrected chi connectivity index (χ3v) is 7.12. The molecular formula is C31H32N6O4. The van der Waals surface area contributed by atoms with Gasteiger partial charge in [0.05, 0.1) is 12.3 Å². The molecule has 210 valence electrons. The third kappa shape index (κ3) is 5.55. The lowest BCUT2D eigenvalue weighted by atomic mass is 9.94. The number of aromatic nitrogens is 2. The number of nitrogens with zero attached hydrogens (tertiary/aromatic N) is 4. The van der Waals surface area contributed by atoms with Gasteiger partial charge in [-0.3, -0.25) is 14.4 Å². The van der Waals surface area contributed by atoms with Crippen LogP contribution in [0.25, 0.3) is 11.1 Å². The van der Waals surface area contributed by atoms with Crippen LogP contribution >= 0.6 is 0 Å². The summed E-state index contributed by atoms with van der Waals surface area (Å²) in [4.78, 5) is 46.1. The van der Waals surface area contributed by atoms with Crippen molar-refractivity contribution < 1.29 is 14.7 Å². The van der Waals surface area contributed by atoms with E-state index in [4.69, 9.17) is 0 Å². The Morgan fingerprint density at radius 3 is 2.61 bits per heavy atom. The highest BCUT2D eigenvalue weighted by Gasteiger charge is 2.28. The molecule has 0 atom stereocenters. The average Bonchev–Trinajstić information content (AvgIpc) is 2.94. The molecule has 0 saturated carbocycles. The van der Waals surface area contributed by atoms with Gasteiger partial charge in [0.1, 0.15) is 11.5 Å². The lowest BCUT2D eigenvalue weighted by Crippen LogP contribution is -2.38. The van der Waals surface area contributed by atoms with Gasteiger partial charge in [-0.05, 0) is 53.9 Å². The first kappa shape index (κ1) is 27.6. The molecule has 41 heavy (non-hydrogen) atoms. The molecule has 4 aromatic rings. The predicted molar refractivity (Wildman–Crippen MR) is 161 cm³/mol. The van der Waals surface area contributed by atoms with Crippen molar-refractivity contribution in [2.45, 2.75) is 20.0 Å². The van der Waals surface area contributed by atoms with Gasteiger partial charge in [-0.25, -0.2) is 4.98 Å². The van der Waals surface area contributed by atoms with Crippen LogP contribution in [-0.4, -0.2) is 47.1 Å². The number of carbonyl (C=O) groups excluding carboxylic acids is 2. The molecule has 0 radical (unpaired) electrons. The molecule has 2 amide bonds. The van der Waals surface area contributed by atoms with E-state index in [9.17, 15) is 19.5 Å². The maximum Gasteiger partial charge on any atom is 0.274 e. The number of rotatable bonds is 7. The number of aliphatic hydroxyl groups excluding tert-OH is 1. The number of nitrogens with one attached hydrogen (secondary N) is 2. The van der Waals surface area contributed by atoms with Crippen LogP contribution in [0.5, 0.6) is 0 Å². The molecule has 5 rings (SSSR count). The predicted octanol–water partition coefficient (Wildman–Crippen LogP) is 3.91. The largest absolute Gasteiger partial charge is 0.392 e. The van der Waals surface area contributed by atoms with Gasteiger partial charge in [-0.1, -0.05) is 12.1 Å². The molecule has 0 unspecified atom stereocenters. The van der Waals surface area contributed by atoms with E-state index in [1.807, 2.05) is 55.4 Å². The Balaban J connectivity index is 1.51. The summed E-state index contributed by atoms with van der Waals surface area (Å²) in [6, 6.07) is 16.4. The number of pyridine rings is 2. The number of aliphatic hydroxyl groups is 1. The number of benzene rings is 2. The van der Waals surface area contributed by atoms with Gasteiger partial charge in [0, 0.05) is 81.1 Å². The van der Waals surface area contributed by atoms with Crippen molar-refractivity contribution in [2.24, 2.45) is 7.05 Å². The van der Waals surface area contributed by atoms with Gasteiger partial charge >= 0.3 is 0 Å². The van der Waals surface area contributed by atoms with E-state index in [-0.39, 0.29) is 29.7 Å². The summed E-state index contributed by atoms with van der Waals surface area (Å²) in [5, 5.41) is 16.3. The SMILES string of the molecule is CC(=O)Nc1ccnc(Nc2cc(-c3cccc(N4CCc5cc(N(C)C)ccc5C4=O)c3CO)cn(C)c2=O)c1. The van der Waals surface area contributed by atoms with Crippen LogP contribution < -0.4 is 26.0 Å². The first-order chi connectivity index (χ1) is 19.7. The summed E-state index contributed by atoms with van der Waals surface area (Å²) in [6.45, 7) is 1.60. The topological polar surface area (TPSA) is 120 Å². The number of anilines is 5. The van der Waals surface area contributed by atoms with Gasteiger partial charge in [0.25, 0.3) is 11.5 Å². The highest BCUT2D eigenvalue weighted by atomic mass is 16.3. The van der Waals surface area contributed by atoms with Gasteiger partial charge in [0.2, 0.25) is 5.91 Å². The molecule has 0 aliphatic carbocycles. The zero-order chi connectivity index (χ0) is 29.3. The van der Waals surface area contributed by atoms with Crippen LogP contribution in [0.15, 0.2) is 71.8 Å². The molecule has 2 aromatic heterocycles. The van der Waals surface area contributed by atoms with Crippen molar-refractivity contribution in [1.29, 1.82) is 0 Å². The number of hydrogen-bond acceptors (Lipinski definition) is 7. The van der Waals surface area contributed by atoms with Crippen LogP contribution in [0, 0.1) is 0 Å². The molecule has 3 heterocycles. The molecule has 1 aliphatic heterocycles. The lowest BCUT2D eigenvalue weighted by Gasteiger charge is -2.31. The van der Waals surface area contributed by atoms with Crippen molar-refractivity contribution in [2.75, 3.05) is 41.1 Å². The summed E-state index contributed by atoms with van der Waals surface area (Å²) in [5.74, 6) is 0.0541. The molecule has 10 nitrogen and oxygen atoms in total. The van der Waals surface area contributed by atoms with Gasteiger partial charge in [-0.2, -0.15) is 0 Å². The van der Waals surface area contributed by atoms with Crippen molar-refractivity contribution in [3.63, 3.8) is 0 Å². The highest BCUT2D eigenvalue weighted by molar-refractivity contribution is 6.09. The van der Waals surface area contributed by atoms with E-state index < -0.39 is 0 Å². The Hall–Kier alpha value is -4.96. The summed E-state index contributed by atoms with van der Waals surface area (Å²) < 4.78 is 1.45. The molecule has 0 spiro atoms. The minimum atomic E-state index is -0.298. The molecule has 0 bridgehead atoms. The van der Waals surface area contributed by atoms with E-state index in [0.717, 1.165) is 11.3 Å². The molecule has 2 aromatic carbocycles. The van der Waals surface area contributed by atoms with E-state index in [2.05, 4.69) is 15.6 Å². The number of carbonyl (C=O) groups is 2.